The van der Waals surface area contributed by atoms with E-state index in [0.29, 0.717) is 22.6 Å². The van der Waals surface area contributed by atoms with E-state index < -0.39 is 5.97 Å². The molecule has 0 spiro atoms. The van der Waals surface area contributed by atoms with Crippen molar-refractivity contribution in [2.24, 2.45) is 4.99 Å². The Hall–Kier alpha value is -3.35. The van der Waals surface area contributed by atoms with Crippen LogP contribution >= 0.6 is 11.6 Å². The van der Waals surface area contributed by atoms with Gasteiger partial charge in [0.25, 0.3) is 0 Å². The highest BCUT2D eigenvalue weighted by Gasteiger charge is 2.28. The lowest BCUT2D eigenvalue weighted by molar-refractivity contribution is 0.0600. The fraction of sp³-hybridized carbons (Fsp3) is 0.200. The molecule has 1 heterocycles. The molecule has 0 radical (unpaired) electrons. The number of rotatable bonds is 5. The minimum atomic E-state index is -0.391. The van der Waals surface area contributed by atoms with Crippen LogP contribution in [0.5, 0.6) is 11.5 Å². The van der Waals surface area contributed by atoms with E-state index in [9.17, 15) is 9.90 Å². The Morgan fingerprint density at radius 2 is 1.78 bits per heavy atom. The summed E-state index contributed by atoms with van der Waals surface area (Å²) in [6.45, 7) is 0. The Bertz CT molecular complexity index is 1140. The van der Waals surface area contributed by atoms with Gasteiger partial charge < -0.3 is 14.6 Å². The molecule has 0 aliphatic carbocycles. The van der Waals surface area contributed by atoms with Gasteiger partial charge in [-0.3, -0.25) is 10.3 Å². The number of nitrogens with zero attached hydrogens (tertiary/aromatic N) is 1. The van der Waals surface area contributed by atoms with Gasteiger partial charge in [0.15, 0.2) is 0 Å². The van der Waals surface area contributed by atoms with Crippen molar-refractivity contribution in [2.45, 2.75) is 18.6 Å². The maximum absolute atomic E-state index is 11.8. The van der Waals surface area contributed by atoms with Crippen molar-refractivity contribution in [3.63, 3.8) is 0 Å². The second kappa shape index (κ2) is 9.42. The standard InChI is InChI=1S/C25H23ClN2O4/c1-31-19-10-7-15(8-11-19)21-14-22(20-13-18(26)9-12-23(20)29)28-24(27-21)16-3-5-17(6-4-16)25(30)32-2/h3-13,22,24,28-29H,14H2,1-2H3/t22-,24-/m0/s1. The molecule has 32 heavy (non-hydrogen) atoms. The minimum Gasteiger partial charge on any atom is -0.508 e. The van der Waals surface area contributed by atoms with E-state index in [1.165, 1.54) is 7.11 Å². The molecule has 0 unspecified atom stereocenters. The lowest BCUT2D eigenvalue weighted by Gasteiger charge is -2.31. The van der Waals surface area contributed by atoms with Gasteiger partial charge in [0.1, 0.15) is 17.7 Å². The van der Waals surface area contributed by atoms with Gasteiger partial charge >= 0.3 is 5.97 Å². The highest BCUT2D eigenvalue weighted by atomic mass is 35.5. The first-order valence-electron chi connectivity index (χ1n) is 10.1. The molecular formula is C25H23ClN2O4. The molecular weight excluding hydrogens is 428 g/mol. The number of nitrogens with one attached hydrogen (secondary N) is 1. The van der Waals surface area contributed by atoms with Crippen molar-refractivity contribution >= 4 is 23.3 Å². The third kappa shape index (κ3) is 4.61. The summed E-state index contributed by atoms with van der Waals surface area (Å²) in [7, 11) is 2.98. The largest absolute Gasteiger partial charge is 0.508 e. The molecule has 4 rings (SSSR count). The number of phenolic OH excluding ortho intramolecular Hbond substituents is 1. The summed E-state index contributed by atoms with van der Waals surface area (Å²) in [5.41, 5.74) is 3.91. The topological polar surface area (TPSA) is 80.2 Å². The third-order valence-electron chi connectivity index (χ3n) is 5.48. The van der Waals surface area contributed by atoms with Crippen molar-refractivity contribution in [3.8, 4) is 11.5 Å². The summed E-state index contributed by atoms with van der Waals surface area (Å²) in [5.74, 6) is 0.544. The molecule has 0 aromatic heterocycles. The summed E-state index contributed by atoms with van der Waals surface area (Å²) < 4.78 is 10.1. The van der Waals surface area contributed by atoms with Crippen LogP contribution in [0.25, 0.3) is 0 Å². The molecule has 3 aromatic rings. The Balaban J connectivity index is 1.72. The van der Waals surface area contributed by atoms with Crippen LogP contribution in [-0.4, -0.2) is 31.0 Å². The molecule has 0 fully saturated rings. The Labute approximate surface area is 191 Å². The molecule has 0 saturated heterocycles. The molecule has 2 atom stereocenters. The monoisotopic (exact) mass is 450 g/mol. The molecule has 6 nitrogen and oxygen atoms in total. The van der Waals surface area contributed by atoms with Gasteiger partial charge in [-0.15, -0.1) is 0 Å². The van der Waals surface area contributed by atoms with Crippen molar-refractivity contribution in [2.75, 3.05) is 14.2 Å². The molecule has 2 N–H and O–H groups in total. The molecule has 1 aliphatic heterocycles. The molecule has 164 valence electrons. The molecule has 7 heteroatoms. The van der Waals surface area contributed by atoms with Gasteiger partial charge in [-0.25, -0.2) is 4.79 Å². The quantitative estimate of drug-likeness (QED) is 0.531. The van der Waals surface area contributed by atoms with Crippen LogP contribution in [0, 0.1) is 0 Å². The van der Waals surface area contributed by atoms with E-state index in [4.69, 9.17) is 26.1 Å². The van der Waals surface area contributed by atoms with Crippen molar-refractivity contribution in [3.05, 3.63) is 94.0 Å². The maximum Gasteiger partial charge on any atom is 0.337 e. The zero-order valence-corrected chi connectivity index (χ0v) is 18.5. The number of phenols is 1. The second-order valence-electron chi connectivity index (χ2n) is 7.45. The normalized spacial score (nSPS) is 18.0. The van der Waals surface area contributed by atoms with Crippen molar-refractivity contribution in [1.29, 1.82) is 0 Å². The number of ether oxygens (including phenoxy) is 2. The first kappa shape index (κ1) is 21.9. The number of halogens is 1. The van der Waals surface area contributed by atoms with E-state index in [2.05, 4.69) is 5.32 Å². The predicted octanol–water partition coefficient (Wildman–Crippen LogP) is 5.06. The summed E-state index contributed by atoms with van der Waals surface area (Å²) in [5, 5.41) is 14.5. The van der Waals surface area contributed by atoms with Gasteiger partial charge in [0.2, 0.25) is 0 Å². The van der Waals surface area contributed by atoms with Crippen LogP contribution in [0.4, 0.5) is 0 Å². The van der Waals surface area contributed by atoms with Gasteiger partial charge in [-0.1, -0.05) is 23.7 Å². The maximum atomic E-state index is 11.8. The Morgan fingerprint density at radius 3 is 2.44 bits per heavy atom. The third-order valence-corrected chi connectivity index (χ3v) is 5.71. The van der Waals surface area contributed by atoms with Gasteiger partial charge in [-0.05, 0) is 65.7 Å². The van der Waals surface area contributed by atoms with Crippen molar-refractivity contribution in [1.82, 2.24) is 5.32 Å². The van der Waals surface area contributed by atoms with Crippen LogP contribution in [0.1, 0.15) is 45.7 Å². The molecule has 3 aromatic carbocycles. The number of methoxy groups -OCH3 is 2. The highest BCUT2D eigenvalue weighted by molar-refractivity contribution is 6.30. The number of carbonyl (C=O) groups excluding carboxylic acids is 1. The molecule has 0 amide bonds. The number of esters is 1. The predicted molar refractivity (Wildman–Crippen MR) is 124 cm³/mol. The number of aromatic hydroxyl groups is 1. The number of aliphatic imine (C=N–C) groups is 1. The van der Waals surface area contributed by atoms with E-state index in [0.717, 1.165) is 22.6 Å². The van der Waals surface area contributed by atoms with E-state index >= 15 is 0 Å². The minimum absolute atomic E-state index is 0.169. The molecule has 0 bridgehead atoms. The van der Waals surface area contributed by atoms with Gasteiger partial charge in [-0.2, -0.15) is 0 Å². The number of carbonyl (C=O) groups is 1. The second-order valence-corrected chi connectivity index (χ2v) is 7.88. The SMILES string of the molecule is COC(=O)c1ccc([C@H]2N=C(c3ccc(OC)cc3)C[C@@H](c3cc(Cl)ccc3O)N2)cc1. The zero-order chi connectivity index (χ0) is 22.7. The molecule has 0 saturated carbocycles. The number of benzene rings is 3. The summed E-state index contributed by atoms with van der Waals surface area (Å²) >= 11 is 6.21. The number of hydrogen-bond acceptors (Lipinski definition) is 6. The summed E-state index contributed by atoms with van der Waals surface area (Å²) in [6, 6.07) is 19.7. The van der Waals surface area contributed by atoms with Gasteiger partial charge in [0.05, 0.1) is 19.8 Å². The van der Waals surface area contributed by atoms with Crippen LogP contribution in [0.2, 0.25) is 5.02 Å². The van der Waals surface area contributed by atoms with E-state index in [1.807, 2.05) is 36.4 Å². The number of hydrogen-bond donors (Lipinski definition) is 2. The highest BCUT2D eigenvalue weighted by Crippen LogP contribution is 2.36. The zero-order valence-electron chi connectivity index (χ0n) is 17.7. The van der Waals surface area contributed by atoms with E-state index in [-0.39, 0.29) is 18.0 Å². The fourth-order valence-corrected chi connectivity index (χ4v) is 3.94. The Morgan fingerprint density at radius 1 is 1.06 bits per heavy atom. The lowest BCUT2D eigenvalue weighted by Crippen LogP contribution is -2.33. The van der Waals surface area contributed by atoms with Gasteiger partial charge in [0, 0.05) is 28.8 Å². The van der Waals surface area contributed by atoms with Crippen LogP contribution in [-0.2, 0) is 4.74 Å². The van der Waals surface area contributed by atoms with E-state index in [1.54, 1.807) is 37.4 Å². The lowest BCUT2D eigenvalue weighted by atomic mass is 9.93. The van der Waals surface area contributed by atoms with Crippen molar-refractivity contribution < 1.29 is 19.4 Å². The fourth-order valence-electron chi connectivity index (χ4n) is 3.76. The average Bonchev–Trinajstić information content (AvgIpc) is 2.85. The van der Waals surface area contributed by atoms with Crippen LogP contribution in [0.3, 0.4) is 0 Å². The summed E-state index contributed by atoms with van der Waals surface area (Å²) in [6.07, 6.45) is 0.188. The van der Waals surface area contributed by atoms with Crippen LogP contribution < -0.4 is 10.1 Å². The first-order valence-corrected chi connectivity index (χ1v) is 10.5. The molecule has 1 aliphatic rings. The Kier molecular flexibility index (Phi) is 6.44. The smallest absolute Gasteiger partial charge is 0.337 e. The first-order chi connectivity index (χ1) is 15.5. The summed E-state index contributed by atoms with van der Waals surface area (Å²) in [4.78, 5) is 16.7. The average molecular weight is 451 g/mol. The van der Waals surface area contributed by atoms with Crippen LogP contribution in [0.15, 0.2) is 71.7 Å².